The van der Waals surface area contributed by atoms with Crippen LogP contribution in [0, 0.1) is 5.92 Å². The van der Waals surface area contributed by atoms with Crippen LogP contribution in [0.3, 0.4) is 0 Å². The van der Waals surface area contributed by atoms with Crippen molar-refractivity contribution in [2.75, 3.05) is 13.1 Å². The Hall–Kier alpha value is -0.930. The van der Waals surface area contributed by atoms with Crippen molar-refractivity contribution >= 4 is 0 Å². The average molecular weight is 249 g/mol. The standard InChI is InChI=1S/C15H27N3/c1-4-6-13(3)15(11-16)18(5-2)12-14-7-9-17-10-8-14/h7-10,13,15H,4-6,11-12,16H2,1-3H3. The molecule has 0 saturated heterocycles. The zero-order chi connectivity index (χ0) is 13.4. The first-order valence-electron chi connectivity index (χ1n) is 7.05. The Morgan fingerprint density at radius 1 is 1.28 bits per heavy atom. The molecule has 2 N–H and O–H groups in total. The van der Waals surface area contributed by atoms with E-state index in [0.29, 0.717) is 12.0 Å². The van der Waals surface area contributed by atoms with Gasteiger partial charge in [-0.25, -0.2) is 0 Å². The van der Waals surface area contributed by atoms with Gasteiger partial charge in [0, 0.05) is 31.5 Å². The van der Waals surface area contributed by atoms with Gasteiger partial charge in [0.2, 0.25) is 0 Å². The number of pyridine rings is 1. The van der Waals surface area contributed by atoms with Crippen LogP contribution in [0.2, 0.25) is 0 Å². The minimum atomic E-state index is 0.475. The van der Waals surface area contributed by atoms with E-state index in [4.69, 9.17) is 5.73 Å². The van der Waals surface area contributed by atoms with E-state index < -0.39 is 0 Å². The van der Waals surface area contributed by atoms with Crippen LogP contribution in [-0.4, -0.2) is 29.0 Å². The summed E-state index contributed by atoms with van der Waals surface area (Å²) in [5.74, 6) is 0.654. The van der Waals surface area contributed by atoms with E-state index in [1.54, 1.807) is 0 Å². The van der Waals surface area contributed by atoms with Gasteiger partial charge in [0.1, 0.15) is 0 Å². The van der Waals surface area contributed by atoms with Crippen molar-refractivity contribution in [1.29, 1.82) is 0 Å². The van der Waals surface area contributed by atoms with Gasteiger partial charge in [0.25, 0.3) is 0 Å². The summed E-state index contributed by atoms with van der Waals surface area (Å²) in [4.78, 5) is 6.55. The smallest absolute Gasteiger partial charge is 0.0271 e. The molecule has 3 nitrogen and oxygen atoms in total. The average Bonchev–Trinajstić information content (AvgIpc) is 2.40. The molecule has 1 aromatic heterocycles. The maximum Gasteiger partial charge on any atom is 0.0271 e. The molecule has 0 aliphatic carbocycles. The summed E-state index contributed by atoms with van der Waals surface area (Å²) in [5.41, 5.74) is 7.29. The first-order valence-corrected chi connectivity index (χ1v) is 7.05. The number of nitrogens with two attached hydrogens (primary N) is 1. The van der Waals surface area contributed by atoms with Crippen LogP contribution in [0.1, 0.15) is 39.2 Å². The Kier molecular flexibility index (Phi) is 6.91. The fraction of sp³-hybridized carbons (Fsp3) is 0.667. The van der Waals surface area contributed by atoms with Crippen molar-refractivity contribution in [2.24, 2.45) is 11.7 Å². The van der Waals surface area contributed by atoms with Gasteiger partial charge < -0.3 is 5.73 Å². The molecule has 2 unspecified atom stereocenters. The van der Waals surface area contributed by atoms with Crippen molar-refractivity contribution in [3.05, 3.63) is 30.1 Å². The van der Waals surface area contributed by atoms with Crippen molar-refractivity contribution in [3.63, 3.8) is 0 Å². The summed E-state index contributed by atoms with van der Waals surface area (Å²) in [5, 5.41) is 0. The third-order valence-electron chi connectivity index (χ3n) is 3.65. The maximum atomic E-state index is 5.98. The zero-order valence-corrected chi connectivity index (χ0v) is 12.0. The maximum absolute atomic E-state index is 5.98. The lowest BCUT2D eigenvalue weighted by Gasteiger charge is -2.34. The Morgan fingerprint density at radius 2 is 1.94 bits per heavy atom. The Morgan fingerprint density at radius 3 is 2.44 bits per heavy atom. The van der Waals surface area contributed by atoms with Crippen LogP contribution in [0.5, 0.6) is 0 Å². The van der Waals surface area contributed by atoms with Crippen molar-refractivity contribution in [2.45, 2.75) is 46.2 Å². The molecule has 1 rings (SSSR count). The van der Waals surface area contributed by atoms with E-state index in [9.17, 15) is 0 Å². The summed E-state index contributed by atoms with van der Waals surface area (Å²) < 4.78 is 0. The molecule has 0 aliphatic heterocycles. The summed E-state index contributed by atoms with van der Waals surface area (Å²) >= 11 is 0. The fourth-order valence-corrected chi connectivity index (χ4v) is 2.58. The molecule has 0 saturated carbocycles. The van der Waals surface area contributed by atoms with Gasteiger partial charge in [0.05, 0.1) is 0 Å². The lowest BCUT2D eigenvalue weighted by atomic mass is 9.95. The van der Waals surface area contributed by atoms with Gasteiger partial charge in [-0.05, 0) is 36.6 Å². The van der Waals surface area contributed by atoms with Gasteiger partial charge in [-0.1, -0.05) is 27.2 Å². The predicted molar refractivity (Wildman–Crippen MR) is 77.2 cm³/mol. The molecule has 3 heteroatoms. The number of nitrogens with zero attached hydrogens (tertiary/aromatic N) is 2. The number of likely N-dealkylation sites (N-methyl/N-ethyl adjacent to an activating group) is 1. The Labute approximate surface area is 111 Å². The zero-order valence-electron chi connectivity index (χ0n) is 12.0. The molecule has 0 fully saturated rings. The second-order valence-corrected chi connectivity index (χ2v) is 4.99. The topological polar surface area (TPSA) is 42.1 Å². The van der Waals surface area contributed by atoms with Crippen LogP contribution in [0.25, 0.3) is 0 Å². The molecule has 0 aromatic carbocycles. The first kappa shape index (κ1) is 15.1. The number of aromatic nitrogens is 1. The fourth-order valence-electron chi connectivity index (χ4n) is 2.58. The molecule has 18 heavy (non-hydrogen) atoms. The highest BCUT2D eigenvalue weighted by molar-refractivity contribution is 5.09. The lowest BCUT2D eigenvalue weighted by Crippen LogP contribution is -2.44. The van der Waals surface area contributed by atoms with Crippen molar-refractivity contribution in [3.8, 4) is 0 Å². The molecule has 2 atom stereocenters. The largest absolute Gasteiger partial charge is 0.329 e. The van der Waals surface area contributed by atoms with Gasteiger partial charge in [-0.15, -0.1) is 0 Å². The van der Waals surface area contributed by atoms with E-state index in [0.717, 1.165) is 19.6 Å². The van der Waals surface area contributed by atoms with E-state index in [-0.39, 0.29) is 0 Å². The highest BCUT2D eigenvalue weighted by Gasteiger charge is 2.21. The van der Waals surface area contributed by atoms with E-state index in [2.05, 4.69) is 42.8 Å². The van der Waals surface area contributed by atoms with Gasteiger partial charge in [0.15, 0.2) is 0 Å². The van der Waals surface area contributed by atoms with Crippen LogP contribution in [-0.2, 0) is 6.54 Å². The quantitative estimate of drug-likeness (QED) is 0.770. The second kappa shape index (κ2) is 8.22. The molecule has 102 valence electrons. The van der Waals surface area contributed by atoms with Gasteiger partial charge in [-0.3, -0.25) is 9.88 Å². The number of hydrogen-bond acceptors (Lipinski definition) is 3. The van der Waals surface area contributed by atoms with Crippen LogP contribution < -0.4 is 5.73 Å². The van der Waals surface area contributed by atoms with Crippen LogP contribution >= 0.6 is 0 Å². The summed E-state index contributed by atoms with van der Waals surface area (Å²) in [6.07, 6.45) is 6.19. The molecule has 1 aromatic rings. The monoisotopic (exact) mass is 249 g/mol. The van der Waals surface area contributed by atoms with Crippen LogP contribution in [0.4, 0.5) is 0 Å². The molecule has 0 bridgehead atoms. The molecule has 1 heterocycles. The number of hydrogen-bond donors (Lipinski definition) is 1. The summed E-state index contributed by atoms with van der Waals surface area (Å²) in [6, 6.07) is 4.64. The molecular formula is C15H27N3. The van der Waals surface area contributed by atoms with E-state index >= 15 is 0 Å². The molecule has 0 amide bonds. The van der Waals surface area contributed by atoms with Crippen molar-refractivity contribution in [1.82, 2.24) is 9.88 Å². The number of rotatable bonds is 8. The van der Waals surface area contributed by atoms with Gasteiger partial charge in [-0.2, -0.15) is 0 Å². The third kappa shape index (κ3) is 4.39. The van der Waals surface area contributed by atoms with E-state index in [1.807, 2.05) is 12.4 Å². The third-order valence-corrected chi connectivity index (χ3v) is 3.65. The van der Waals surface area contributed by atoms with E-state index in [1.165, 1.54) is 18.4 Å². The molecule has 0 aliphatic rings. The Bertz CT molecular complexity index is 313. The normalized spacial score (nSPS) is 14.7. The molecule has 0 spiro atoms. The highest BCUT2D eigenvalue weighted by Crippen LogP contribution is 2.18. The SMILES string of the molecule is CCCC(C)C(CN)N(CC)Cc1ccncc1. The van der Waals surface area contributed by atoms with Crippen LogP contribution in [0.15, 0.2) is 24.5 Å². The lowest BCUT2D eigenvalue weighted by molar-refractivity contribution is 0.147. The first-order chi connectivity index (χ1) is 8.72. The predicted octanol–water partition coefficient (Wildman–Crippen LogP) is 2.67. The second-order valence-electron chi connectivity index (χ2n) is 4.99. The highest BCUT2D eigenvalue weighted by atomic mass is 15.2. The molecular weight excluding hydrogens is 222 g/mol. The Balaban J connectivity index is 2.68. The van der Waals surface area contributed by atoms with Crippen molar-refractivity contribution < 1.29 is 0 Å². The summed E-state index contributed by atoms with van der Waals surface area (Å²) in [6.45, 7) is 9.51. The van der Waals surface area contributed by atoms with Gasteiger partial charge >= 0.3 is 0 Å². The minimum Gasteiger partial charge on any atom is -0.329 e. The molecule has 0 radical (unpaired) electrons. The minimum absolute atomic E-state index is 0.475. The summed E-state index contributed by atoms with van der Waals surface area (Å²) in [7, 11) is 0.